The second-order valence-corrected chi connectivity index (χ2v) is 8.06. The van der Waals surface area contributed by atoms with Gasteiger partial charge in [0.2, 0.25) is 5.91 Å². The number of nitrogens with zero attached hydrogens (tertiary/aromatic N) is 3. The van der Waals surface area contributed by atoms with Gasteiger partial charge < -0.3 is 10.1 Å². The Balaban J connectivity index is 1.95. The number of thioether (sulfide) groups is 1. The maximum absolute atomic E-state index is 12.3. The van der Waals surface area contributed by atoms with Crippen LogP contribution in [-0.4, -0.2) is 39.1 Å². The number of carbonyl (C=O) groups excluding carboxylic acids is 1. The summed E-state index contributed by atoms with van der Waals surface area (Å²) in [4.78, 5) is 12.3. The molecule has 8 heteroatoms. The van der Waals surface area contributed by atoms with E-state index in [9.17, 15) is 4.79 Å². The van der Waals surface area contributed by atoms with Gasteiger partial charge in [0.1, 0.15) is 5.75 Å². The van der Waals surface area contributed by atoms with Crippen LogP contribution in [0.3, 0.4) is 0 Å². The van der Waals surface area contributed by atoms with Crippen LogP contribution in [0.4, 0.5) is 0 Å². The van der Waals surface area contributed by atoms with Gasteiger partial charge in [0, 0.05) is 17.3 Å². The highest BCUT2D eigenvalue weighted by Gasteiger charge is 2.19. The van der Waals surface area contributed by atoms with Crippen molar-refractivity contribution in [3.8, 4) is 22.8 Å². The maximum atomic E-state index is 12.3. The van der Waals surface area contributed by atoms with Crippen LogP contribution in [0.2, 0.25) is 5.02 Å². The van der Waals surface area contributed by atoms with Crippen LogP contribution in [0.15, 0.2) is 53.7 Å². The van der Waals surface area contributed by atoms with Gasteiger partial charge in [0.25, 0.3) is 0 Å². The largest absolute Gasteiger partial charge is 0.494 e. The lowest BCUT2D eigenvalue weighted by atomic mass is 10.2. The minimum Gasteiger partial charge on any atom is -0.494 e. The maximum Gasteiger partial charge on any atom is 0.230 e. The zero-order valence-electron chi connectivity index (χ0n) is 17.3. The third-order valence-corrected chi connectivity index (χ3v) is 5.76. The number of hydrogen-bond donors (Lipinski definition) is 1. The Labute approximate surface area is 186 Å². The first kappa shape index (κ1) is 22.2. The van der Waals surface area contributed by atoms with Crippen molar-refractivity contribution in [1.29, 1.82) is 0 Å². The quantitative estimate of drug-likeness (QED) is 0.470. The summed E-state index contributed by atoms with van der Waals surface area (Å²) in [6.45, 7) is 6.57. The van der Waals surface area contributed by atoms with Gasteiger partial charge in [-0.1, -0.05) is 42.4 Å². The number of amides is 1. The molecule has 0 radical (unpaired) electrons. The molecule has 0 aliphatic heterocycles. The van der Waals surface area contributed by atoms with Crippen LogP contribution in [0, 0.1) is 0 Å². The first-order chi connectivity index (χ1) is 14.5. The minimum atomic E-state index is -0.0325. The molecule has 1 aromatic heterocycles. The summed E-state index contributed by atoms with van der Waals surface area (Å²) < 4.78 is 7.46. The summed E-state index contributed by atoms with van der Waals surface area (Å²) in [5, 5.41) is 12.9. The fourth-order valence-corrected chi connectivity index (χ4v) is 3.80. The molecular formula is C22H25ClN4O2S. The Morgan fingerprint density at radius 1 is 1.17 bits per heavy atom. The van der Waals surface area contributed by atoms with Crippen LogP contribution in [-0.2, 0) is 4.79 Å². The SMILES string of the molecule is CCOc1ccc(-n2c(SCC(=O)NC(C)CC)nnc2-c2ccccc2Cl)cc1. The number of carbonyl (C=O) groups is 1. The molecule has 2 aromatic carbocycles. The van der Waals surface area contributed by atoms with Gasteiger partial charge in [-0.25, -0.2) is 0 Å². The van der Waals surface area contributed by atoms with Gasteiger partial charge in [-0.2, -0.15) is 0 Å². The number of hydrogen-bond acceptors (Lipinski definition) is 5. The summed E-state index contributed by atoms with van der Waals surface area (Å²) in [6, 6.07) is 15.3. The van der Waals surface area contributed by atoms with Crippen LogP contribution < -0.4 is 10.1 Å². The minimum absolute atomic E-state index is 0.0325. The molecule has 158 valence electrons. The zero-order chi connectivity index (χ0) is 21.5. The molecule has 3 aromatic rings. The van der Waals surface area contributed by atoms with Crippen molar-refractivity contribution in [3.05, 3.63) is 53.6 Å². The molecule has 0 bridgehead atoms. The molecule has 1 heterocycles. The Hall–Kier alpha value is -2.51. The second kappa shape index (κ2) is 10.5. The third kappa shape index (κ3) is 5.34. The first-order valence-corrected chi connectivity index (χ1v) is 11.3. The number of aromatic nitrogens is 3. The van der Waals surface area contributed by atoms with Crippen molar-refractivity contribution in [2.45, 2.75) is 38.4 Å². The second-order valence-electron chi connectivity index (χ2n) is 6.71. The van der Waals surface area contributed by atoms with E-state index in [1.54, 1.807) is 0 Å². The Morgan fingerprint density at radius 2 is 1.90 bits per heavy atom. The van der Waals surface area contributed by atoms with E-state index in [-0.39, 0.29) is 17.7 Å². The molecule has 1 unspecified atom stereocenters. The van der Waals surface area contributed by atoms with Gasteiger partial charge in [-0.15, -0.1) is 10.2 Å². The van der Waals surface area contributed by atoms with E-state index in [1.807, 2.05) is 73.9 Å². The van der Waals surface area contributed by atoms with Crippen molar-refractivity contribution in [3.63, 3.8) is 0 Å². The van der Waals surface area contributed by atoms with Crippen LogP contribution >= 0.6 is 23.4 Å². The van der Waals surface area contributed by atoms with Crippen molar-refractivity contribution >= 4 is 29.3 Å². The van der Waals surface area contributed by atoms with Gasteiger partial charge in [0.05, 0.1) is 17.4 Å². The van der Waals surface area contributed by atoms with Gasteiger partial charge in [0.15, 0.2) is 11.0 Å². The fourth-order valence-electron chi connectivity index (χ4n) is 2.82. The lowest BCUT2D eigenvalue weighted by Gasteiger charge is -2.13. The van der Waals surface area contributed by atoms with E-state index < -0.39 is 0 Å². The molecule has 0 aliphatic rings. The summed E-state index contributed by atoms with van der Waals surface area (Å²) in [5.41, 5.74) is 1.64. The van der Waals surface area contributed by atoms with E-state index in [2.05, 4.69) is 15.5 Å². The molecule has 0 saturated heterocycles. The third-order valence-electron chi connectivity index (χ3n) is 4.51. The van der Waals surface area contributed by atoms with E-state index >= 15 is 0 Å². The summed E-state index contributed by atoms with van der Waals surface area (Å²) >= 11 is 7.76. The highest BCUT2D eigenvalue weighted by Crippen LogP contribution is 2.32. The molecule has 6 nitrogen and oxygen atoms in total. The van der Waals surface area contributed by atoms with E-state index in [0.29, 0.717) is 22.6 Å². The molecular weight excluding hydrogens is 420 g/mol. The van der Waals surface area contributed by atoms with Gasteiger partial charge in [-0.3, -0.25) is 9.36 Å². The van der Waals surface area contributed by atoms with Crippen LogP contribution in [0.1, 0.15) is 27.2 Å². The summed E-state index contributed by atoms with van der Waals surface area (Å²) in [6.07, 6.45) is 0.884. The standard InChI is InChI=1S/C22H25ClN4O2S/c1-4-15(3)24-20(28)14-30-22-26-25-21(18-8-6-7-9-19(18)23)27(22)16-10-12-17(13-11-16)29-5-2/h6-13,15H,4-5,14H2,1-3H3,(H,24,28). The Morgan fingerprint density at radius 3 is 2.57 bits per heavy atom. The Bertz CT molecular complexity index is 991. The van der Waals surface area contributed by atoms with Crippen molar-refractivity contribution < 1.29 is 9.53 Å². The predicted molar refractivity (Wildman–Crippen MR) is 122 cm³/mol. The summed E-state index contributed by atoms with van der Waals surface area (Å²) in [5.74, 6) is 1.63. The number of nitrogens with one attached hydrogen (secondary N) is 1. The van der Waals surface area contributed by atoms with Crippen LogP contribution in [0.5, 0.6) is 5.75 Å². The average molecular weight is 445 g/mol. The number of benzene rings is 2. The molecule has 1 atom stereocenters. The van der Waals surface area contributed by atoms with Crippen molar-refractivity contribution in [2.75, 3.05) is 12.4 Å². The predicted octanol–water partition coefficient (Wildman–Crippen LogP) is 4.99. The molecule has 0 aliphatic carbocycles. The van der Waals surface area contributed by atoms with E-state index in [1.165, 1.54) is 11.8 Å². The Kier molecular flexibility index (Phi) is 7.76. The van der Waals surface area contributed by atoms with Crippen molar-refractivity contribution in [1.82, 2.24) is 20.1 Å². The molecule has 1 N–H and O–H groups in total. The number of ether oxygens (including phenoxy) is 1. The number of halogens is 1. The normalized spacial score (nSPS) is 11.9. The molecule has 0 spiro atoms. The van der Waals surface area contributed by atoms with Crippen molar-refractivity contribution in [2.24, 2.45) is 0 Å². The topological polar surface area (TPSA) is 69.0 Å². The molecule has 0 fully saturated rings. The molecule has 1 amide bonds. The smallest absolute Gasteiger partial charge is 0.230 e. The zero-order valence-corrected chi connectivity index (χ0v) is 18.8. The van der Waals surface area contributed by atoms with Gasteiger partial charge >= 0.3 is 0 Å². The summed E-state index contributed by atoms with van der Waals surface area (Å²) in [7, 11) is 0. The number of rotatable bonds is 9. The molecule has 3 rings (SSSR count). The van der Waals surface area contributed by atoms with Crippen LogP contribution in [0.25, 0.3) is 17.1 Å². The highest BCUT2D eigenvalue weighted by molar-refractivity contribution is 7.99. The lowest BCUT2D eigenvalue weighted by Crippen LogP contribution is -2.33. The van der Waals surface area contributed by atoms with E-state index in [0.717, 1.165) is 23.4 Å². The highest BCUT2D eigenvalue weighted by atomic mass is 35.5. The fraction of sp³-hybridized carbons (Fsp3) is 0.318. The average Bonchev–Trinajstić information content (AvgIpc) is 3.17. The molecule has 0 saturated carbocycles. The van der Waals surface area contributed by atoms with Gasteiger partial charge in [-0.05, 0) is 56.7 Å². The molecule has 30 heavy (non-hydrogen) atoms. The van der Waals surface area contributed by atoms with E-state index in [4.69, 9.17) is 16.3 Å². The lowest BCUT2D eigenvalue weighted by molar-refractivity contribution is -0.119. The first-order valence-electron chi connectivity index (χ1n) is 9.89. The monoisotopic (exact) mass is 444 g/mol.